The minimum atomic E-state index is -0.490. The van der Waals surface area contributed by atoms with Crippen molar-refractivity contribution in [2.75, 3.05) is 13.2 Å². The number of esters is 2. The van der Waals surface area contributed by atoms with Gasteiger partial charge < -0.3 is 14.2 Å². The maximum atomic E-state index is 15.1. The third kappa shape index (κ3) is 7.11. The molecule has 4 aromatic rings. The summed E-state index contributed by atoms with van der Waals surface area (Å²) < 4.78 is 31.0. The lowest BCUT2D eigenvalue weighted by Gasteiger charge is -2.10. The average molecular weight is 537 g/mol. The van der Waals surface area contributed by atoms with Crippen LogP contribution in [-0.2, 0) is 14.3 Å². The van der Waals surface area contributed by atoms with E-state index < -0.39 is 11.9 Å². The third-order valence-corrected chi connectivity index (χ3v) is 6.03. The second-order valence-electron chi connectivity index (χ2n) is 9.26. The summed E-state index contributed by atoms with van der Waals surface area (Å²) in [4.78, 5) is 23.1. The molecule has 0 aliphatic rings. The first-order valence-corrected chi connectivity index (χ1v) is 12.7. The van der Waals surface area contributed by atoms with Crippen LogP contribution in [0.5, 0.6) is 11.5 Å². The Morgan fingerprint density at radius 3 is 1.65 bits per heavy atom. The highest BCUT2D eigenvalue weighted by molar-refractivity contribution is 5.89. The highest BCUT2D eigenvalue weighted by Crippen LogP contribution is 2.31. The molecule has 0 fully saturated rings. The molecule has 40 heavy (non-hydrogen) atoms. The van der Waals surface area contributed by atoms with Crippen LogP contribution in [-0.4, -0.2) is 25.2 Å². The zero-order valence-electron chi connectivity index (χ0n) is 22.4. The van der Waals surface area contributed by atoms with Crippen LogP contribution in [0.25, 0.3) is 33.4 Å². The molecule has 0 saturated carbocycles. The van der Waals surface area contributed by atoms with E-state index in [1.54, 1.807) is 44.2 Å². The Hall–Kier alpha value is -4.97. The van der Waals surface area contributed by atoms with E-state index in [1.807, 2.05) is 54.6 Å². The van der Waals surface area contributed by atoms with Crippen molar-refractivity contribution in [3.8, 4) is 44.9 Å². The van der Waals surface area contributed by atoms with Gasteiger partial charge in [0.25, 0.3) is 0 Å². The summed E-state index contributed by atoms with van der Waals surface area (Å²) in [7, 11) is 0. The highest BCUT2D eigenvalue weighted by Gasteiger charge is 2.10. The molecular weight excluding hydrogens is 507 g/mol. The minimum absolute atomic E-state index is 0.145. The number of benzene rings is 4. The van der Waals surface area contributed by atoms with E-state index in [0.29, 0.717) is 33.8 Å². The number of hydrogen-bond donors (Lipinski definition) is 0. The van der Waals surface area contributed by atoms with Gasteiger partial charge in [-0.2, -0.15) is 0 Å². The van der Waals surface area contributed by atoms with Crippen LogP contribution in [0.2, 0.25) is 0 Å². The van der Waals surface area contributed by atoms with Crippen molar-refractivity contribution >= 4 is 11.9 Å². The summed E-state index contributed by atoms with van der Waals surface area (Å²) in [6.07, 6.45) is 0. The van der Waals surface area contributed by atoms with Gasteiger partial charge in [-0.15, -0.1) is 0 Å². The van der Waals surface area contributed by atoms with Gasteiger partial charge in [-0.05, 0) is 72.0 Å². The monoisotopic (exact) mass is 536 g/mol. The summed E-state index contributed by atoms with van der Waals surface area (Å²) in [5, 5.41) is 0. The predicted molar refractivity (Wildman–Crippen MR) is 154 cm³/mol. The van der Waals surface area contributed by atoms with E-state index in [9.17, 15) is 9.59 Å². The Kier molecular flexibility index (Phi) is 8.92. The van der Waals surface area contributed by atoms with E-state index in [1.165, 1.54) is 6.07 Å². The first kappa shape index (κ1) is 28.0. The van der Waals surface area contributed by atoms with Crippen molar-refractivity contribution in [2.24, 2.45) is 0 Å². The molecule has 0 N–H and O–H groups in total. The minimum Gasteiger partial charge on any atom is -0.490 e. The molecule has 0 spiro atoms. The molecular formula is C34H29FO5. The van der Waals surface area contributed by atoms with E-state index in [-0.39, 0.29) is 19.0 Å². The number of carbonyl (C=O) groups is 2. The van der Waals surface area contributed by atoms with Crippen molar-refractivity contribution in [2.45, 2.75) is 13.8 Å². The number of ether oxygens (including phenoxy) is 3. The van der Waals surface area contributed by atoms with Crippen LogP contribution in [0, 0.1) is 5.82 Å². The number of hydrogen-bond acceptors (Lipinski definition) is 5. The van der Waals surface area contributed by atoms with Gasteiger partial charge in [0.2, 0.25) is 0 Å². The topological polar surface area (TPSA) is 61.8 Å². The summed E-state index contributed by atoms with van der Waals surface area (Å²) in [5.74, 6) is -0.197. The molecule has 0 amide bonds. The van der Waals surface area contributed by atoms with Crippen molar-refractivity contribution in [3.05, 3.63) is 121 Å². The van der Waals surface area contributed by atoms with Gasteiger partial charge in [-0.1, -0.05) is 73.8 Å². The molecule has 4 aromatic carbocycles. The summed E-state index contributed by atoms with van der Waals surface area (Å²) in [5.41, 5.74) is 5.41. The van der Waals surface area contributed by atoms with Crippen LogP contribution < -0.4 is 9.47 Å². The van der Waals surface area contributed by atoms with Crippen molar-refractivity contribution in [3.63, 3.8) is 0 Å². The first-order valence-electron chi connectivity index (χ1n) is 12.7. The molecule has 202 valence electrons. The molecule has 0 radical (unpaired) electrons. The molecule has 0 unspecified atom stereocenters. The Morgan fingerprint density at radius 2 is 1.10 bits per heavy atom. The highest BCUT2D eigenvalue weighted by atomic mass is 19.1. The molecule has 0 atom stereocenters. The Labute approximate surface area is 233 Å². The SMILES string of the molecule is C=C(C)C(=O)OCCOc1ccc(-c2ccc(-c3ccc(-c4ccc(OC(=O)C(=C)C)cc4)cc3F)cc2)cc1. The largest absolute Gasteiger partial charge is 0.490 e. The van der Waals surface area contributed by atoms with Crippen LogP contribution in [0.3, 0.4) is 0 Å². The molecule has 0 bridgehead atoms. The smallest absolute Gasteiger partial charge is 0.338 e. The molecule has 6 heteroatoms. The number of rotatable bonds is 10. The normalized spacial score (nSPS) is 10.5. The number of carbonyl (C=O) groups excluding carboxylic acids is 2. The first-order chi connectivity index (χ1) is 19.2. The van der Waals surface area contributed by atoms with Gasteiger partial charge in [0.1, 0.15) is 30.5 Å². The standard InChI is InChI=1S/C34H29FO5/c1-22(2)33(36)39-20-19-38-29-14-9-25(10-15-29)24-5-7-27(8-6-24)31-18-13-28(21-32(31)35)26-11-16-30(17-12-26)40-34(37)23(3)4/h5-18,21H,1,3,19-20H2,2,4H3. The van der Waals surface area contributed by atoms with Crippen LogP contribution in [0.1, 0.15) is 13.8 Å². The molecule has 0 saturated heterocycles. The summed E-state index contributed by atoms with van der Waals surface area (Å²) in [6.45, 7) is 10.7. The van der Waals surface area contributed by atoms with Gasteiger partial charge in [-0.3, -0.25) is 0 Å². The Bertz CT molecular complexity index is 1540. The van der Waals surface area contributed by atoms with Crippen molar-refractivity contribution in [1.29, 1.82) is 0 Å². The summed E-state index contributed by atoms with van der Waals surface area (Å²) >= 11 is 0. The lowest BCUT2D eigenvalue weighted by molar-refractivity contribution is -0.139. The van der Waals surface area contributed by atoms with Gasteiger partial charge in [0.05, 0.1) is 0 Å². The lowest BCUT2D eigenvalue weighted by Crippen LogP contribution is -2.12. The molecule has 4 rings (SSSR count). The molecule has 0 aliphatic carbocycles. The maximum absolute atomic E-state index is 15.1. The Morgan fingerprint density at radius 1 is 0.625 bits per heavy atom. The fourth-order valence-corrected chi connectivity index (χ4v) is 3.84. The van der Waals surface area contributed by atoms with Crippen LogP contribution in [0.15, 0.2) is 115 Å². The predicted octanol–water partition coefficient (Wildman–Crippen LogP) is 7.81. The second kappa shape index (κ2) is 12.7. The van der Waals surface area contributed by atoms with Gasteiger partial charge in [-0.25, -0.2) is 14.0 Å². The maximum Gasteiger partial charge on any atom is 0.338 e. The van der Waals surface area contributed by atoms with E-state index in [4.69, 9.17) is 14.2 Å². The van der Waals surface area contributed by atoms with E-state index >= 15 is 4.39 Å². The fraction of sp³-hybridized carbons (Fsp3) is 0.118. The average Bonchev–Trinajstić information content (AvgIpc) is 2.96. The summed E-state index contributed by atoms with van der Waals surface area (Å²) in [6, 6.07) is 27.2. The van der Waals surface area contributed by atoms with Gasteiger partial charge in [0.15, 0.2) is 0 Å². The molecule has 5 nitrogen and oxygen atoms in total. The molecule has 0 heterocycles. The quantitative estimate of drug-likeness (QED) is 0.0895. The Balaban J connectivity index is 1.38. The van der Waals surface area contributed by atoms with E-state index in [0.717, 1.165) is 22.3 Å². The van der Waals surface area contributed by atoms with Gasteiger partial charge in [0, 0.05) is 16.7 Å². The second-order valence-corrected chi connectivity index (χ2v) is 9.26. The zero-order chi connectivity index (χ0) is 28.6. The van der Waals surface area contributed by atoms with Crippen molar-refractivity contribution < 1.29 is 28.2 Å². The molecule has 0 aliphatic heterocycles. The lowest BCUT2D eigenvalue weighted by atomic mass is 9.97. The molecule has 0 aromatic heterocycles. The van der Waals surface area contributed by atoms with Crippen molar-refractivity contribution in [1.82, 2.24) is 0 Å². The third-order valence-electron chi connectivity index (χ3n) is 6.03. The van der Waals surface area contributed by atoms with Crippen LogP contribution in [0.4, 0.5) is 4.39 Å². The number of halogens is 1. The zero-order valence-corrected chi connectivity index (χ0v) is 22.4. The fourth-order valence-electron chi connectivity index (χ4n) is 3.84. The van der Waals surface area contributed by atoms with Crippen LogP contribution >= 0.6 is 0 Å². The van der Waals surface area contributed by atoms with Gasteiger partial charge >= 0.3 is 11.9 Å². The van der Waals surface area contributed by atoms with E-state index in [2.05, 4.69) is 13.2 Å².